The van der Waals surface area contributed by atoms with Crippen LogP contribution in [0.4, 0.5) is 13.9 Å². The molecule has 0 amide bonds. The zero-order valence-corrected chi connectivity index (χ0v) is 11.4. The number of hydrogen-bond acceptors (Lipinski definition) is 7. The lowest BCUT2D eigenvalue weighted by atomic mass is 10.3. The zero-order valence-electron chi connectivity index (χ0n) is 10.5. The highest BCUT2D eigenvalue weighted by Crippen LogP contribution is 2.15. The Morgan fingerprint density at radius 3 is 2.90 bits per heavy atom. The summed E-state index contributed by atoms with van der Waals surface area (Å²) in [4.78, 5) is 8.19. The predicted octanol–water partition coefficient (Wildman–Crippen LogP) is 2.29. The first-order chi connectivity index (χ1) is 9.67. The number of alkyl halides is 2. The van der Waals surface area contributed by atoms with Crippen molar-refractivity contribution in [2.45, 2.75) is 19.8 Å². The molecule has 6 nitrogen and oxygen atoms in total. The maximum Gasteiger partial charge on any atom is 0.387 e. The number of halogens is 2. The van der Waals surface area contributed by atoms with Gasteiger partial charge < -0.3 is 14.8 Å². The first-order valence-corrected chi connectivity index (χ1v) is 6.40. The Hall–Kier alpha value is -1.87. The topological polar surface area (TPSA) is 69.2 Å². The molecular formula is C11H12F2N4O2S. The van der Waals surface area contributed by atoms with E-state index in [4.69, 9.17) is 4.74 Å². The number of methoxy groups -OCH3 is 1. The summed E-state index contributed by atoms with van der Waals surface area (Å²) in [5.74, 6) is 0.635. The van der Waals surface area contributed by atoms with Crippen LogP contribution in [0.15, 0.2) is 18.3 Å². The Bertz CT molecular complexity index is 535. The molecule has 0 fully saturated rings. The molecule has 0 aliphatic rings. The van der Waals surface area contributed by atoms with Gasteiger partial charge in [0.25, 0.3) is 0 Å². The highest BCUT2D eigenvalue weighted by atomic mass is 32.1. The molecule has 2 aromatic heterocycles. The van der Waals surface area contributed by atoms with Crippen molar-refractivity contribution in [3.05, 3.63) is 29.8 Å². The minimum absolute atomic E-state index is 0.0297. The lowest BCUT2D eigenvalue weighted by Gasteiger charge is -2.05. The summed E-state index contributed by atoms with van der Waals surface area (Å²) < 4.78 is 37.1. The Balaban J connectivity index is 1.86. The van der Waals surface area contributed by atoms with Crippen LogP contribution < -0.4 is 10.1 Å². The molecule has 0 atom stereocenters. The number of hydrogen-bond donors (Lipinski definition) is 1. The van der Waals surface area contributed by atoms with E-state index < -0.39 is 6.61 Å². The van der Waals surface area contributed by atoms with Gasteiger partial charge in [-0.2, -0.15) is 13.2 Å². The van der Waals surface area contributed by atoms with Gasteiger partial charge in [-0.3, -0.25) is 4.98 Å². The molecule has 108 valence electrons. The van der Waals surface area contributed by atoms with Crippen LogP contribution in [0.3, 0.4) is 0 Å². The summed E-state index contributed by atoms with van der Waals surface area (Å²) >= 11 is 1.22. The van der Waals surface area contributed by atoms with Crippen LogP contribution in [0.25, 0.3) is 0 Å². The smallest absolute Gasteiger partial charge is 0.387 e. The maximum atomic E-state index is 12.0. The van der Waals surface area contributed by atoms with Gasteiger partial charge >= 0.3 is 6.61 Å². The largest absolute Gasteiger partial charge is 0.433 e. The van der Waals surface area contributed by atoms with E-state index >= 15 is 0 Å². The minimum Gasteiger partial charge on any atom is -0.433 e. The van der Waals surface area contributed by atoms with E-state index in [1.54, 1.807) is 13.2 Å². The van der Waals surface area contributed by atoms with Gasteiger partial charge in [0.15, 0.2) is 5.82 Å². The fourth-order valence-electron chi connectivity index (χ4n) is 1.37. The molecule has 20 heavy (non-hydrogen) atoms. The molecule has 0 unspecified atom stereocenters. The minimum atomic E-state index is -2.85. The van der Waals surface area contributed by atoms with E-state index in [9.17, 15) is 8.78 Å². The SMILES string of the molecule is COCc1nsc(NCc2ccc(OC(F)F)cn2)n1. The molecule has 2 aromatic rings. The highest BCUT2D eigenvalue weighted by Gasteiger charge is 2.06. The van der Waals surface area contributed by atoms with E-state index in [-0.39, 0.29) is 5.75 Å². The van der Waals surface area contributed by atoms with Gasteiger partial charge in [-0.1, -0.05) is 0 Å². The van der Waals surface area contributed by atoms with Crippen molar-refractivity contribution in [3.63, 3.8) is 0 Å². The molecule has 1 N–H and O–H groups in total. The van der Waals surface area contributed by atoms with Crippen molar-refractivity contribution in [3.8, 4) is 5.75 Å². The Labute approximate surface area is 117 Å². The van der Waals surface area contributed by atoms with Gasteiger partial charge in [0.1, 0.15) is 12.4 Å². The molecule has 2 heterocycles. The molecule has 9 heteroatoms. The second-order valence-electron chi connectivity index (χ2n) is 3.67. The molecular weight excluding hydrogens is 290 g/mol. The van der Waals surface area contributed by atoms with Gasteiger partial charge in [-0.25, -0.2) is 4.98 Å². The van der Waals surface area contributed by atoms with E-state index in [2.05, 4.69) is 24.4 Å². The van der Waals surface area contributed by atoms with Crippen molar-refractivity contribution in [2.24, 2.45) is 0 Å². The van der Waals surface area contributed by atoms with Crippen LogP contribution in [0.5, 0.6) is 5.75 Å². The molecule has 0 saturated carbocycles. The average molecular weight is 302 g/mol. The van der Waals surface area contributed by atoms with Crippen molar-refractivity contribution < 1.29 is 18.3 Å². The summed E-state index contributed by atoms with van der Waals surface area (Å²) in [6.45, 7) is -2.08. The van der Waals surface area contributed by atoms with Gasteiger partial charge in [-0.15, -0.1) is 0 Å². The number of nitrogens with one attached hydrogen (secondary N) is 1. The Morgan fingerprint density at radius 2 is 2.25 bits per heavy atom. The van der Waals surface area contributed by atoms with E-state index in [0.717, 1.165) is 0 Å². The van der Waals surface area contributed by atoms with Gasteiger partial charge in [0.05, 0.1) is 18.4 Å². The molecule has 0 spiro atoms. The molecule has 0 saturated heterocycles. The van der Waals surface area contributed by atoms with Crippen molar-refractivity contribution in [2.75, 3.05) is 12.4 Å². The van der Waals surface area contributed by atoms with Crippen LogP contribution in [-0.2, 0) is 17.9 Å². The van der Waals surface area contributed by atoms with Crippen LogP contribution in [0.2, 0.25) is 0 Å². The number of rotatable bonds is 7. The molecule has 0 bridgehead atoms. The first kappa shape index (κ1) is 14.5. The van der Waals surface area contributed by atoms with Crippen molar-refractivity contribution in [1.82, 2.24) is 14.3 Å². The fraction of sp³-hybridized carbons (Fsp3) is 0.364. The lowest BCUT2D eigenvalue weighted by molar-refractivity contribution is -0.0500. The van der Waals surface area contributed by atoms with Crippen molar-refractivity contribution >= 4 is 16.7 Å². The Morgan fingerprint density at radius 1 is 1.40 bits per heavy atom. The predicted molar refractivity (Wildman–Crippen MR) is 68.8 cm³/mol. The fourth-order valence-corrected chi connectivity index (χ4v) is 1.94. The monoisotopic (exact) mass is 302 g/mol. The summed E-state index contributed by atoms with van der Waals surface area (Å²) in [6, 6.07) is 3.04. The zero-order chi connectivity index (χ0) is 14.4. The molecule has 0 aromatic carbocycles. The summed E-state index contributed by atoms with van der Waals surface area (Å²) in [5, 5.41) is 3.68. The second kappa shape index (κ2) is 7.06. The molecule has 0 radical (unpaired) electrons. The summed E-state index contributed by atoms with van der Waals surface area (Å²) in [5.41, 5.74) is 0.676. The molecule has 2 rings (SSSR count). The first-order valence-electron chi connectivity index (χ1n) is 5.62. The van der Waals surface area contributed by atoms with Crippen LogP contribution in [0.1, 0.15) is 11.5 Å². The third kappa shape index (κ3) is 4.35. The maximum absolute atomic E-state index is 12.0. The number of pyridine rings is 1. The number of anilines is 1. The number of nitrogens with zero attached hydrogens (tertiary/aromatic N) is 3. The van der Waals surface area contributed by atoms with Crippen molar-refractivity contribution in [1.29, 1.82) is 0 Å². The average Bonchev–Trinajstić information content (AvgIpc) is 2.86. The summed E-state index contributed by atoms with van der Waals surface area (Å²) in [7, 11) is 1.57. The number of aromatic nitrogens is 3. The van der Waals surface area contributed by atoms with Gasteiger partial charge in [0, 0.05) is 18.6 Å². The Kier molecular flexibility index (Phi) is 5.13. The number of ether oxygens (including phenoxy) is 2. The van der Waals surface area contributed by atoms with Crippen LogP contribution in [0, 0.1) is 0 Å². The standard InChI is InChI=1S/C11H12F2N4O2S/c1-18-6-9-16-11(20-17-9)15-4-7-2-3-8(5-14-7)19-10(12)13/h2-3,5,10H,4,6H2,1H3,(H,15,16,17). The molecule has 0 aliphatic carbocycles. The highest BCUT2D eigenvalue weighted by molar-refractivity contribution is 7.09. The quantitative estimate of drug-likeness (QED) is 0.846. The van der Waals surface area contributed by atoms with E-state index in [0.29, 0.717) is 29.8 Å². The normalized spacial score (nSPS) is 10.8. The van der Waals surface area contributed by atoms with Gasteiger partial charge in [-0.05, 0) is 12.1 Å². The third-order valence-corrected chi connectivity index (χ3v) is 2.90. The second-order valence-corrected chi connectivity index (χ2v) is 4.42. The van der Waals surface area contributed by atoms with Gasteiger partial charge in [0.2, 0.25) is 5.13 Å². The summed E-state index contributed by atoms with van der Waals surface area (Å²) in [6.07, 6.45) is 1.25. The lowest BCUT2D eigenvalue weighted by Crippen LogP contribution is -2.04. The third-order valence-electron chi connectivity index (χ3n) is 2.19. The van der Waals surface area contributed by atoms with Crippen LogP contribution >= 0.6 is 11.5 Å². The molecule has 0 aliphatic heterocycles. The van der Waals surface area contributed by atoms with Crippen LogP contribution in [-0.4, -0.2) is 28.1 Å². The van der Waals surface area contributed by atoms with E-state index in [1.807, 2.05) is 0 Å². The van der Waals surface area contributed by atoms with E-state index in [1.165, 1.54) is 23.8 Å².